The zero-order chi connectivity index (χ0) is 13.8. The van der Waals surface area contributed by atoms with Gasteiger partial charge >= 0.3 is 5.97 Å². The summed E-state index contributed by atoms with van der Waals surface area (Å²) >= 11 is 5.80. The molecule has 0 amide bonds. The molecule has 0 aliphatic rings. The average molecular weight is 281 g/mol. The number of benzene rings is 1. The van der Waals surface area contributed by atoms with Crippen LogP contribution in [0.3, 0.4) is 0 Å². The fourth-order valence-corrected chi connectivity index (χ4v) is 1.69. The second-order valence-electron chi connectivity index (χ2n) is 3.66. The molecule has 0 atom stereocenters. The maximum absolute atomic E-state index is 13.1. The molecule has 0 fully saturated rings. The summed E-state index contributed by atoms with van der Waals surface area (Å²) in [7, 11) is 0. The topological polar surface area (TPSA) is 52.1 Å². The van der Waals surface area contributed by atoms with Gasteiger partial charge in [-0.1, -0.05) is 23.7 Å². The van der Waals surface area contributed by atoms with Crippen LogP contribution in [0.2, 0.25) is 5.15 Å². The molecule has 1 heterocycles. The molecule has 1 aromatic heterocycles. The van der Waals surface area contributed by atoms with Crippen molar-refractivity contribution in [2.45, 2.75) is 6.92 Å². The highest BCUT2D eigenvalue weighted by Gasteiger charge is 2.15. The first-order chi connectivity index (χ1) is 9.11. The number of halogens is 2. The minimum absolute atomic E-state index is 0.0430. The monoisotopic (exact) mass is 280 g/mol. The predicted octanol–water partition coefficient (Wildman–Crippen LogP) is 3.11. The predicted molar refractivity (Wildman–Crippen MR) is 68.4 cm³/mol. The van der Waals surface area contributed by atoms with Gasteiger partial charge in [0, 0.05) is 5.56 Å². The van der Waals surface area contributed by atoms with E-state index < -0.39 is 11.8 Å². The molecule has 0 N–H and O–H groups in total. The van der Waals surface area contributed by atoms with Crippen LogP contribution in [-0.2, 0) is 4.74 Å². The Balaban J connectivity index is 2.44. The fraction of sp³-hybridized carbons (Fsp3) is 0.154. The van der Waals surface area contributed by atoms with Gasteiger partial charge in [0.2, 0.25) is 0 Å². The van der Waals surface area contributed by atoms with E-state index in [9.17, 15) is 9.18 Å². The van der Waals surface area contributed by atoms with Crippen LogP contribution in [0.25, 0.3) is 11.3 Å². The number of rotatable bonds is 3. The van der Waals surface area contributed by atoms with Gasteiger partial charge in [-0.3, -0.25) is 0 Å². The van der Waals surface area contributed by atoms with Crippen molar-refractivity contribution in [1.29, 1.82) is 0 Å². The molecule has 0 bridgehead atoms. The van der Waals surface area contributed by atoms with Crippen molar-refractivity contribution >= 4 is 17.6 Å². The van der Waals surface area contributed by atoms with E-state index >= 15 is 0 Å². The van der Waals surface area contributed by atoms with Crippen LogP contribution >= 0.6 is 11.6 Å². The van der Waals surface area contributed by atoms with Crippen LogP contribution in [0, 0.1) is 5.82 Å². The van der Waals surface area contributed by atoms with E-state index in [0.29, 0.717) is 11.3 Å². The number of hydrogen-bond acceptors (Lipinski definition) is 4. The van der Waals surface area contributed by atoms with Gasteiger partial charge in [0.05, 0.1) is 12.3 Å². The molecule has 2 aromatic rings. The number of carbonyl (C=O) groups excluding carboxylic acids is 1. The lowest BCUT2D eigenvalue weighted by Gasteiger charge is -2.05. The Morgan fingerprint density at radius 3 is 2.84 bits per heavy atom. The number of carbonyl (C=O) groups is 1. The standard InChI is InChI=1S/C13H10ClFN2O2/c1-2-19-13(18)10-7-11(16-17-12(10)14)8-4-3-5-9(15)6-8/h3-7H,2H2,1H3. The maximum Gasteiger partial charge on any atom is 0.341 e. The zero-order valence-electron chi connectivity index (χ0n) is 10.1. The number of aromatic nitrogens is 2. The smallest absolute Gasteiger partial charge is 0.341 e. The van der Waals surface area contributed by atoms with Crippen LogP contribution < -0.4 is 0 Å². The van der Waals surface area contributed by atoms with Crippen molar-refractivity contribution in [1.82, 2.24) is 10.2 Å². The Bertz CT molecular complexity index is 619. The molecular formula is C13H10ClFN2O2. The molecule has 0 saturated carbocycles. The molecule has 4 nitrogen and oxygen atoms in total. The highest BCUT2D eigenvalue weighted by molar-refractivity contribution is 6.32. The van der Waals surface area contributed by atoms with E-state index in [2.05, 4.69) is 10.2 Å². The largest absolute Gasteiger partial charge is 0.462 e. The number of nitrogens with zero attached hydrogens (tertiary/aromatic N) is 2. The minimum Gasteiger partial charge on any atom is -0.462 e. The summed E-state index contributed by atoms with van der Waals surface area (Å²) in [5, 5.41) is 7.47. The lowest BCUT2D eigenvalue weighted by molar-refractivity contribution is 0.0526. The van der Waals surface area contributed by atoms with Gasteiger partial charge in [-0.05, 0) is 25.1 Å². The van der Waals surface area contributed by atoms with Gasteiger partial charge in [0.25, 0.3) is 0 Å². The molecule has 0 spiro atoms. The fourth-order valence-electron chi connectivity index (χ4n) is 1.52. The Labute approximate surface area is 114 Å². The highest BCUT2D eigenvalue weighted by atomic mass is 35.5. The Morgan fingerprint density at radius 2 is 2.16 bits per heavy atom. The van der Waals surface area contributed by atoms with Crippen molar-refractivity contribution in [3.8, 4) is 11.3 Å². The van der Waals surface area contributed by atoms with Gasteiger partial charge in [-0.2, -0.15) is 0 Å². The van der Waals surface area contributed by atoms with E-state index in [0.717, 1.165) is 0 Å². The first-order valence-corrected chi connectivity index (χ1v) is 5.96. The van der Waals surface area contributed by atoms with Crippen molar-refractivity contribution < 1.29 is 13.9 Å². The van der Waals surface area contributed by atoms with Crippen LogP contribution in [-0.4, -0.2) is 22.8 Å². The molecule has 98 valence electrons. The van der Waals surface area contributed by atoms with E-state index in [4.69, 9.17) is 16.3 Å². The third-order valence-electron chi connectivity index (χ3n) is 2.36. The molecule has 1 aromatic carbocycles. The summed E-state index contributed by atoms with van der Waals surface area (Å²) in [5.41, 5.74) is 0.972. The Morgan fingerprint density at radius 1 is 1.37 bits per heavy atom. The van der Waals surface area contributed by atoms with E-state index in [-0.39, 0.29) is 17.3 Å². The molecule has 0 aliphatic carbocycles. The lowest BCUT2D eigenvalue weighted by Crippen LogP contribution is -2.07. The van der Waals surface area contributed by atoms with Gasteiger partial charge in [0.15, 0.2) is 5.15 Å². The molecular weight excluding hydrogens is 271 g/mol. The second-order valence-corrected chi connectivity index (χ2v) is 4.02. The van der Waals surface area contributed by atoms with Gasteiger partial charge in [-0.15, -0.1) is 10.2 Å². The number of hydrogen-bond donors (Lipinski definition) is 0. The molecule has 0 radical (unpaired) electrons. The normalized spacial score (nSPS) is 10.3. The summed E-state index contributed by atoms with van der Waals surface area (Å²) < 4.78 is 18.0. The zero-order valence-corrected chi connectivity index (χ0v) is 10.8. The quantitative estimate of drug-likeness (QED) is 0.811. The minimum atomic E-state index is -0.583. The van der Waals surface area contributed by atoms with Crippen molar-refractivity contribution in [3.63, 3.8) is 0 Å². The number of ether oxygens (including phenoxy) is 1. The molecule has 0 unspecified atom stereocenters. The third-order valence-corrected chi connectivity index (χ3v) is 2.64. The highest BCUT2D eigenvalue weighted by Crippen LogP contribution is 2.22. The molecule has 0 aliphatic heterocycles. The SMILES string of the molecule is CCOC(=O)c1cc(-c2cccc(F)c2)nnc1Cl. The summed E-state index contributed by atoms with van der Waals surface area (Å²) in [6.07, 6.45) is 0. The second kappa shape index (κ2) is 5.75. The summed E-state index contributed by atoms with van der Waals surface area (Å²) in [5.74, 6) is -0.980. The van der Waals surface area contributed by atoms with E-state index in [1.54, 1.807) is 19.1 Å². The molecule has 0 saturated heterocycles. The van der Waals surface area contributed by atoms with Gasteiger partial charge in [0.1, 0.15) is 11.4 Å². The molecule has 6 heteroatoms. The van der Waals surface area contributed by atoms with Crippen LogP contribution in [0.4, 0.5) is 4.39 Å². The summed E-state index contributed by atoms with van der Waals surface area (Å²) in [6.45, 7) is 1.92. The van der Waals surface area contributed by atoms with Gasteiger partial charge in [-0.25, -0.2) is 9.18 Å². The van der Waals surface area contributed by atoms with E-state index in [1.807, 2.05) is 0 Å². The van der Waals surface area contributed by atoms with Gasteiger partial charge < -0.3 is 4.74 Å². The van der Waals surface area contributed by atoms with Crippen LogP contribution in [0.15, 0.2) is 30.3 Å². The first kappa shape index (κ1) is 13.4. The number of esters is 1. The van der Waals surface area contributed by atoms with Crippen molar-refractivity contribution in [3.05, 3.63) is 46.9 Å². The maximum atomic E-state index is 13.1. The molecule has 19 heavy (non-hydrogen) atoms. The Kier molecular flexibility index (Phi) is 4.06. The van der Waals surface area contributed by atoms with Crippen molar-refractivity contribution in [2.75, 3.05) is 6.61 Å². The van der Waals surface area contributed by atoms with Crippen LogP contribution in [0.1, 0.15) is 17.3 Å². The third kappa shape index (κ3) is 3.06. The lowest BCUT2D eigenvalue weighted by atomic mass is 10.1. The van der Waals surface area contributed by atoms with Crippen LogP contribution in [0.5, 0.6) is 0 Å². The molecule has 2 rings (SSSR count). The average Bonchev–Trinajstić information content (AvgIpc) is 2.39. The summed E-state index contributed by atoms with van der Waals surface area (Å²) in [4.78, 5) is 11.7. The Hall–Kier alpha value is -2.01. The summed E-state index contributed by atoms with van der Waals surface area (Å²) in [6, 6.07) is 7.26. The van der Waals surface area contributed by atoms with E-state index in [1.165, 1.54) is 18.2 Å². The van der Waals surface area contributed by atoms with Crippen molar-refractivity contribution in [2.24, 2.45) is 0 Å². The first-order valence-electron chi connectivity index (χ1n) is 5.58.